The van der Waals surface area contributed by atoms with E-state index in [2.05, 4.69) is 11.1 Å². The molecule has 5 rings (SSSR count). The van der Waals surface area contributed by atoms with Crippen LogP contribution in [0.25, 0.3) is 15.9 Å². The molecule has 0 spiro atoms. The Labute approximate surface area is 149 Å². The molecule has 122 valence electrons. The number of carbonyl (C=O) groups excluding carboxylic acids is 1. The number of anilines is 1. The Balaban J connectivity index is 1.69. The number of hydrogen-bond donors (Lipinski definition) is 0. The van der Waals surface area contributed by atoms with Gasteiger partial charge in [0, 0.05) is 36.2 Å². The quantitative estimate of drug-likeness (QED) is 0.543. The minimum Gasteiger partial charge on any atom is -0.322 e. The zero-order valence-corrected chi connectivity index (χ0v) is 14.2. The molecule has 1 aliphatic rings. The van der Waals surface area contributed by atoms with E-state index in [9.17, 15) is 4.79 Å². The van der Waals surface area contributed by atoms with Crippen LogP contribution >= 0.6 is 11.3 Å². The van der Waals surface area contributed by atoms with E-state index in [-0.39, 0.29) is 5.91 Å². The summed E-state index contributed by atoms with van der Waals surface area (Å²) < 4.78 is 2.01. The van der Waals surface area contributed by atoms with E-state index >= 15 is 0 Å². The van der Waals surface area contributed by atoms with Gasteiger partial charge in [-0.25, -0.2) is 4.98 Å². The zero-order valence-electron chi connectivity index (χ0n) is 13.4. The average Bonchev–Trinajstić information content (AvgIpc) is 3.38. The highest BCUT2D eigenvalue weighted by Gasteiger charge is 2.29. The lowest BCUT2D eigenvalue weighted by molar-refractivity contribution is 0.0993. The van der Waals surface area contributed by atoms with Gasteiger partial charge >= 0.3 is 0 Å². The predicted molar refractivity (Wildman–Crippen MR) is 101 cm³/mol. The van der Waals surface area contributed by atoms with Gasteiger partial charge < -0.3 is 9.47 Å². The molecule has 0 bridgehead atoms. The number of hydrogen-bond acceptors (Lipinski definition) is 3. The Bertz CT molecular complexity index is 1080. The molecule has 0 N–H and O–H groups in total. The zero-order chi connectivity index (χ0) is 16.8. The van der Waals surface area contributed by atoms with Gasteiger partial charge in [-0.1, -0.05) is 18.2 Å². The highest BCUT2D eigenvalue weighted by molar-refractivity contribution is 7.21. The molecule has 0 fully saturated rings. The van der Waals surface area contributed by atoms with Crippen molar-refractivity contribution in [2.24, 2.45) is 0 Å². The first kappa shape index (κ1) is 14.4. The number of para-hydroxylation sites is 1. The predicted octanol–water partition coefficient (Wildman–Crippen LogP) is 4.29. The third-order valence-electron chi connectivity index (χ3n) is 4.63. The number of pyridine rings is 1. The molecular weight excluding hydrogens is 330 g/mol. The second-order valence-electron chi connectivity index (χ2n) is 6.06. The number of nitrogens with zero attached hydrogens (tertiary/aromatic N) is 3. The van der Waals surface area contributed by atoms with Crippen molar-refractivity contribution in [1.82, 2.24) is 9.55 Å². The summed E-state index contributed by atoms with van der Waals surface area (Å²) in [6.45, 7) is 0.727. The first-order valence-corrected chi connectivity index (χ1v) is 9.05. The topological polar surface area (TPSA) is 38.1 Å². The van der Waals surface area contributed by atoms with E-state index in [0.29, 0.717) is 0 Å². The molecule has 25 heavy (non-hydrogen) atoms. The van der Waals surface area contributed by atoms with Crippen LogP contribution in [-0.2, 0) is 6.42 Å². The second kappa shape index (κ2) is 5.57. The van der Waals surface area contributed by atoms with Crippen LogP contribution in [-0.4, -0.2) is 22.0 Å². The smallest absolute Gasteiger partial charge is 0.270 e. The van der Waals surface area contributed by atoms with Gasteiger partial charge in [-0.3, -0.25) is 4.79 Å². The number of carbonyl (C=O) groups is 1. The Morgan fingerprint density at radius 1 is 1.04 bits per heavy atom. The highest BCUT2D eigenvalue weighted by Crippen LogP contribution is 2.36. The summed E-state index contributed by atoms with van der Waals surface area (Å²) in [5.41, 5.74) is 3.18. The molecule has 4 heterocycles. The van der Waals surface area contributed by atoms with E-state index in [1.165, 1.54) is 16.9 Å². The van der Waals surface area contributed by atoms with Gasteiger partial charge in [-0.05, 0) is 42.3 Å². The number of fused-ring (bicyclic) bond motifs is 2. The minimum absolute atomic E-state index is 0.0525. The van der Waals surface area contributed by atoms with Gasteiger partial charge in [0.15, 0.2) is 0 Å². The van der Waals surface area contributed by atoms with Gasteiger partial charge in [-0.2, -0.15) is 0 Å². The van der Waals surface area contributed by atoms with Crippen LogP contribution in [0.2, 0.25) is 0 Å². The minimum atomic E-state index is 0.0525. The van der Waals surface area contributed by atoms with Crippen molar-refractivity contribution in [3.05, 3.63) is 77.6 Å². The van der Waals surface area contributed by atoms with E-state index in [1.54, 1.807) is 6.20 Å². The molecule has 0 atom stereocenters. The van der Waals surface area contributed by atoms with Crippen LogP contribution < -0.4 is 4.90 Å². The van der Waals surface area contributed by atoms with Crippen molar-refractivity contribution in [2.75, 3.05) is 11.4 Å². The van der Waals surface area contributed by atoms with Crippen molar-refractivity contribution in [1.29, 1.82) is 0 Å². The van der Waals surface area contributed by atoms with Gasteiger partial charge in [-0.15, -0.1) is 11.3 Å². The third kappa shape index (κ3) is 2.20. The lowest BCUT2D eigenvalue weighted by atomic mass is 10.2. The Morgan fingerprint density at radius 2 is 1.88 bits per heavy atom. The number of aromatic nitrogens is 2. The van der Waals surface area contributed by atoms with Crippen molar-refractivity contribution >= 4 is 33.1 Å². The van der Waals surface area contributed by atoms with Crippen molar-refractivity contribution in [3.63, 3.8) is 0 Å². The van der Waals surface area contributed by atoms with Crippen molar-refractivity contribution < 1.29 is 4.79 Å². The first-order valence-electron chi connectivity index (χ1n) is 8.23. The molecule has 0 saturated carbocycles. The van der Waals surface area contributed by atoms with Crippen LogP contribution in [0, 0.1) is 0 Å². The Kier molecular flexibility index (Phi) is 3.21. The van der Waals surface area contributed by atoms with Crippen LogP contribution in [0.5, 0.6) is 0 Å². The molecule has 0 radical (unpaired) electrons. The fourth-order valence-corrected chi connectivity index (χ4v) is 4.57. The molecule has 1 aromatic carbocycles. The molecule has 1 amide bonds. The fraction of sp³-hybridized carbons (Fsp3) is 0.100. The third-order valence-corrected chi connectivity index (χ3v) is 5.72. The van der Waals surface area contributed by atoms with E-state index < -0.39 is 0 Å². The molecule has 3 aromatic heterocycles. The first-order chi connectivity index (χ1) is 12.3. The second-order valence-corrected chi connectivity index (χ2v) is 7.06. The maximum absolute atomic E-state index is 13.4. The summed E-state index contributed by atoms with van der Waals surface area (Å²) in [7, 11) is 0. The maximum Gasteiger partial charge on any atom is 0.270 e. The summed E-state index contributed by atoms with van der Waals surface area (Å²) in [4.78, 5) is 21.4. The lowest BCUT2D eigenvalue weighted by Gasteiger charge is -2.17. The molecule has 0 saturated heterocycles. The standard InChI is InChI=1S/C20H15N3OS/c24-20(23-13-9-14-6-1-2-8-16(14)23)18-17(22-11-3-4-12-22)15-7-5-10-21-19(15)25-18/h1-8,10-12H,9,13H2. The fourth-order valence-electron chi connectivity index (χ4n) is 3.48. The summed E-state index contributed by atoms with van der Waals surface area (Å²) >= 11 is 1.47. The highest BCUT2D eigenvalue weighted by atomic mass is 32.1. The van der Waals surface area contributed by atoms with E-state index in [0.717, 1.165) is 39.4 Å². The molecule has 4 aromatic rings. The van der Waals surface area contributed by atoms with E-state index in [1.807, 2.05) is 64.3 Å². The summed E-state index contributed by atoms with van der Waals surface area (Å²) in [6, 6.07) is 16.0. The monoisotopic (exact) mass is 345 g/mol. The Hall–Kier alpha value is -2.92. The van der Waals surface area contributed by atoms with Crippen molar-refractivity contribution in [3.8, 4) is 5.69 Å². The summed E-state index contributed by atoms with van der Waals surface area (Å²) in [6.07, 6.45) is 6.63. The molecule has 4 nitrogen and oxygen atoms in total. The SMILES string of the molecule is O=C(c1sc2ncccc2c1-n1cccc1)N1CCc2ccccc21. The summed E-state index contributed by atoms with van der Waals surface area (Å²) in [5.74, 6) is 0.0525. The lowest BCUT2D eigenvalue weighted by Crippen LogP contribution is -2.28. The number of thiophene rings is 1. The van der Waals surface area contributed by atoms with Gasteiger partial charge in [0.2, 0.25) is 0 Å². The van der Waals surface area contributed by atoms with Crippen LogP contribution in [0.15, 0.2) is 67.1 Å². The molecule has 0 unspecified atom stereocenters. The normalized spacial score (nSPS) is 13.4. The van der Waals surface area contributed by atoms with Gasteiger partial charge in [0.25, 0.3) is 5.91 Å². The molecule has 1 aliphatic heterocycles. The van der Waals surface area contributed by atoms with Crippen LogP contribution in [0.3, 0.4) is 0 Å². The van der Waals surface area contributed by atoms with Crippen LogP contribution in [0.4, 0.5) is 5.69 Å². The number of benzene rings is 1. The van der Waals surface area contributed by atoms with E-state index in [4.69, 9.17) is 0 Å². The number of amides is 1. The molecule has 5 heteroatoms. The van der Waals surface area contributed by atoms with Gasteiger partial charge in [0.1, 0.15) is 9.71 Å². The van der Waals surface area contributed by atoms with Gasteiger partial charge in [0.05, 0.1) is 5.69 Å². The van der Waals surface area contributed by atoms with Crippen molar-refractivity contribution in [2.45, 2.75) is 6.42 Å². The summed E-state index contributed by atoms with van der Waals surface area (Å²) in [5, 5.41) is 1.01. The largest absolute Gasteiger partial charge is 0.322 e. The molecular formula is C20H15N3OS. The number of rotatable bonds is 2. The maximum atomic E-state index is 13.4. The average molecular weight is 345 g/mol. The Morgan fingerprint density at radius 3 is 2.76 bits per heavy atom. The van der Waals surface area contributed by atoms with Crippen LogP contribution in [0.1, 0.15) is 15.2 Å². The molecule has 0 aliphatic carbocycles.